The van der Waals surface area contributed by atoms with Gasteiger partial charge in [0.05, 0.1) is 19.9 Å². The number of benzene rings is 3. The van der Waals surface area contributed by atoms with Crippen LogP contribution in [0.2, 0.25) is 5.02 Å². The van der Waals surface area contributed by atoms with Crippen LogP contribution in [0.5, 0.6) is 17.2 Å². The molecule has 0 atom stereocenters. The minimum Gasteiger partial charge on any atom is -0.494 e. The summed E-state index contributed by atoms with van der Waals surface area (Å²) in [5, 5.41) is 9.56. The van der Waals surface area contributed by atoms with Gasteiger partial charge in [0.15, 0.2) is 18.1 Å². The topological polar surface area (TPSA) is 127 Å². The average molecular weight is 539 g/mol. The summed E-state index contributed by atoms with van der Waals surface area (Å²) in [6.45, 7) is 2.35. The highest BCUT2D eigenvalue weighted by Gasteiger charge is 2.13. The predicted octanol–water partition coefficient (Wildman–Crippen LogP) is 4.24. The number of halogens is 1. The third-order valence-electron chi connectivity index (χ3n) is 4.85. The van der Waals surface area contributed by atoms with Crippen LogP contribution in [-0.2, 0) is 14.4 Å². The van der Waals surface area contributed by atoms with Gasteiger partial charge in [0.25, 0.3) is 5.91 Å². The van der Waals surface area contributed by atoms with Gasteiger partial charge in [-0.2, -0.15) is 5.10 Å². The molecule has 3 aromatic rings. The van der Waals surface area contributed by atoms with Gasteiger partial charge in [-0.3, -0.25) is 14.4 Å². The Morgan fingerprint density at radius 3 is 2.24 bits per heavy atom. The standard InChI is InChI=1S/C27H27ClN4O6/c1-3-14-37-22-11-9-21(10-12-22)31-26(34)27(35)32-29-16-18-4-13-23(24(15-18)36-2)38-17-25(33)30-20-7-5-19(28)6-8-20/h4-13,15-16H,3,14,17H2,1-2H3,(H,30,33)(H,31,34)(H,32,35)/b29-16-. The quantitative estimate of drug-likeness (QED) is 0.190. The molecule has 0 saturated heterocycles. The maximum atomic E-state index is 12.2. The van der Waals surface area contributed by atoms with E-state index >= 15 is 0 Å². The van der Waals surface area contributed by atoms with Crippen LogP contribution in [0, 0.1) is 0 Å². The average Bonchev–Trinajstić information content (AvgIpc) is 2.93. The molecule has 0 heterocycles. The number of carbonyl (C=O) groups is 3. The van der Waals surface area contributed by atoms with Gasteiger partial charge in [0.2, 0.25) is 0 Å². The van der Waals surface area contributed by atoms with Crippen molar-refractivity contribution in [1.82, 2.24) is 5.43 Å². The normalized spacial score (nSPS) is 10.5. The highest BCUT2D eigenvalue weighted by Crippen LogP contribution is 2.27. The van der Waals surface area contributed by atoms with Gasteiger partial charge >= 0.3 is 11.8 Å². The zero-order valence-electron chi connectivity index (χ0n) is 20.8. The molecule has 10 nitrogen and oxygen atoms in total. The second-order valence-corrected chi connectivity index (χ2v) is 8.22. The molecule has 0 saturated carbocycles. The van der Waals surface area contributed by atoms with E-state index in [4.69, 9.17) is 25.8 Å². The van der Waals surface area contributed by atoms with E-state index in [1.54, 1.807) is 66.7 Å². The predicted molar refractivity (Wildman–Crippen MR) is 145 cm³/mol. The Morgan fingerprint density at radius 1 is 0.868 bits per heavy atom. The third kappa shape index (κ3) is 8.82. The number of hydrazone groups is 1. The van der Waals surface area contributed by atoms with Gasteiger partial charge in [0.1, 0.15) is 5.75 Å². The van der Waals surface area contributed by atoms with Crippen LogP contribution in [0.3, 0.4) is 0 Å². The minimum atomic E-state index is -0.939. The van der Waals surface area contributed by atoms with Crippen molar-refractivity contribution < 1.29 is 28.6 Å². The van der Waals surface area contributed by atoms with Crippen LogP contribution >= 0.6 is 11.6 Å². The zero-order valence-corrected chi connectivity index (χ0v) is 21.6. The SMILES string of the molecule is CCCOc1ccc(NC(=O)C(=O)N/N=C\c2ccc(OCC(=O)Nc3ccc(Cl)cc3)c(OC)c2)cc1. The van der Waals surface area contributed by atoms with Crippen molar-refractivity contribution in [3.05, 3.63) is 77.3 Å². The number of ether oxygens (including phenoxy) is 3. The maximum absolute atomic E-state index is 12.2. The van der Waals surface area contributed by atoms with Crippen molar-refractivity contribution in [2.45, 2.75) is 13.3 Å². The minimum absolute atomic E-state index is 0.244. The van der Waals surface area contributed by atoms with Crippen molar-refractivity contribution in [3.8, 4) is 17.2 Å². The molecule has 0 bridgehead atoms. The fraction of sp³-hybridized carbons (Fsp3) is 0.185. The number of nitrogens with one attached hydrogen (secondary N) is 3. The summed E-state index contributed by atoms with van der Waals surface area (Å²) in [6, 6.07) is 18.2. The number of anilines is 2. The first-order valence-corrected chi connectivity index (χ1v) is 12.0. The Kier molecular flexibility index (Phi) is 10.5. The van der Waals surface area contributed by atoms with Crippen molar-refractivity contribution in [3.63, 3.8) is 0 Å². The summed E-state index contributed by atoms with van der Waals surface area (Å²) in [7, 11) is 1.45. The van der Waals surface area contributed by atoms with E-state index in [-0.39, 0.29) is 12.5 Å². The molecule has 3 amide bonds. The van der Waals surface area contributed by atoms with Crippen LogP contribution in [0.1, 0.15) is 18.9 Å². The highest BCUT2D eigenvalue weighted by atomic mass is 35.5. The molecule has 0 unspecified atom stereocenters. The number of hydrogen-bond donors (Lipinski definition) is 3. The Hall–Kier alpha value is -4.57. The molecule has 3 aromatic carbocycles. The molecule has 0 radical (unpaired) electrons. The van der Waals surface area contributed by atoms with Crippen LogP contribution in [0.25, 0.3) is 0 Å². The summed E-state index contributed by atoms with van der Waals surface area (Å²) in [5.74, 6) is -0.809. The Balaban J connectivity index is 1.48. The van der Waals surface area contributed by atoms with Gasteiger partial charge in [-0.25, -0.2) is 5.43 Å². The lowest BCUT2D eigenvalue weighted by atomic mass is 10.2. The zero-order chi connectivity index (χ0) is 27.3. The largest absolute Gasteiger partial charge is 0.494 e. The molecule has 0 aliphatic heterocycles. The first-order chi connectivity index (χ1) is 18.4. The van der Waals surface area contributed by atoms with Crippen molar-refractivity contribution in [2.24, 2.45) is 5.10 Å². The fourth-order valence-corrected chi connectivity index (χ4v) is 3.14. The Labute approximate surface area is 224 Å². The van der Waals surface area contributed by atoms with Crippen LogP contribution in [-0.4, -0.2) is 44.3 Å². The lowest BCUT2D eigenvalue weighted by Gasteiger charge is -2.11. The first-order valence-electron chi connectivity index (χ1n) is 11.6. The van der Waals surface area contributed by atoms with E-state index in [1.165, 1.54) is 13.3 Å². The number of nitrogens with zero attached hydrogens (tertiary/aromatic N) is 1. The van der Waals surface area contributed by atoms with Crippen molar-refractivity contribution in [2.75, 3.05) is 31.0 Å². The molecule has 38 heavy (non-hydrogen) atoms. The second kappa shape index (κ2) is 14.2. The van der Waals surface area contributed by atoms with Gasteiger partial charge in [-0.15, -0.1) is 0 Å². The van der Waals surface area contributed by atoms with Crippen molar-refractivity contribution >= 4 is 46.9 Å². The van der Waals surface area contributed by atoms with Crippen LogP contribution < -0.4 is 30.3 Å². The Bertz CT molecular complexity index is 1280. The van der Waals surface area contributed by atoms with Crippen LogP contribution in [0.4, 0.5) is 11.4 Å². The van der Waals surface area contributed by atoms with E-state index in [2.05, 4.69) is 21.2 Å². The molecule has 0 aromatic heterocycles. The number of amides is 3. The van der Waals surface area contributed by atoms with E-state index < -0.39 is 11.8 Å². The van der Waals surface area contributed by atoms with Gasteiger partial charge in [-0.1, -0.05) is 18.5 Å². The van der Waals surface area contributed by atoms with Gasteiger partial charge in [-0.05, 0) is 78.7 Å². The smallest absolute Gasteiger partial charge is 0.329 e. The molecular weight excluding hydrogens is 512 g/mol. The molecular formula is C27H27ClN4O6. The van der Waals surface area contributed by atoms with E-state index in [0.29, 0.717) is 45.8 Å². The molecule has 3 N–H and O–H groups in total. The maximum Gasteiger partial charge on any atom is 0.329 e. The second-order valence-electron chi connectivity index (χ2n) is 7.78. The van der Waals surface area contributed by atoms with E-state index in [0.717, 1.165) is 6.42 Å². The summed E-state index contributed by atoms with van der Waals surface area (Å²) in [5.41, 5.74) is 3.76. The molecule has 0 aliphatic rings. The first kappa shape index (κ1) is 28.0. The molecule has 0 aliphatic carbocycles. The van der Waals surface area contributed by atoms with E-state index in [9.17, 15) is 14.4 Å². The molecule has 198 valence electrons. The third-order valence-corrected chi connectivity index (χ3v) is 5.10. The van der Waals surface area contributed by atoms with Gasteiger partial charge in [0, 0.05) is 16.4 Å². The molecule has 3 rings (SSSR count). The molecule has 0 spiro atoms. The fourth-order valence-electron chi connectivity index (χ4n) is 3.02. The highest BCUT2D eigenvalue weighted by molar-refractivity contribution is 6.39. The number of rotatable bonds is 11. The lowest BCUT2D eigenvalue weighted by Crippen LogP contribution is -2.32. The summed E-state index contributed by atoms with van der Waals surface area (Å²) in [6.07, 6.45) is 2.22. The molecule has 0 fully saturated rings. The van der Waals surface area contributed by atoms with Gasteiger partial charge < -0.3 is 24.8 Å². The Morgan fingerprint density at radius 2 is 1.55 bits per heavy atom. The summed E-state index contributed by atoms with van der Waals surface area (Å²) in [4.78, 5) is 36.3. The van der Waals surface area contributed by atoms with E-state index in [1.807, 2.05) is 6.92 Å². The van der Waals surface area contributed by atoms with Crippen molar-refractivity contribution in [1.29, 1.82) is 0 Å². The summed E-state index contributed by atoms with van der Waals surface area (Å²) >= 11 is 5.84. The van der Waals surface area contributed by atoms with Crippen LogP contribution in [0.15, 0.2) is 71.8 Å². The summed E-state index contributed by atoms with van der Waals surface area (Å²) < 4.78 is 16.4. The molecule has 11 heteroatoms. The number of carbonyl (C=O) groups excluding carboxylic acids is 3. The lowest BCUT2D eigenvalue weighted by molar-refractivity contribution is -0.136. The number of methoxy groups -OCH3 is 1. The number of hydrogen-bond acceptors (Lipinski definition) is 7. The monoisotopic (exact) mass is 538 g/mol.